The highest BCUT2D eigenvalue weighted by molar-refractivity contribution is 5.71. The summed E-state index contributed by atoms with van der Waals surface area (Å²) < 4.78 is 17.0. The molecular weight excluding hydrogens is 997 g/mol. The Balaban J connectivity index is 4.31. The summed E-state index contributed by atoms with van der Waals surface area (Å²) in [4.78, 5) is 38.5. The van der Waals surface area contributed by atoms with Crippen LogP contribution in [0, 0.1) is 0 Å². The first kappa shape index (κ1) is 77.9. The van der Waals surface area contributed by atoms with Gasteiger partial charge >= 0.3 is 17.9 Å². The monoisotopic (exact) mass is 1130 g/mol. The Labute approximate surface area is 503 Å². The summed E-state index contributed by atoms with van der Waals surface area (Å²) in [5.74, 6) is -0.866. The second-order valence-corrected chi connectivity index (χ2v) is 23.8. The molecule has 0 aromatic heterocycles. The zero-order valence-electron chi connectivity index (χ0n) is 54.1. The third-order valence-corrected chi connectivity index (χ3v) is 15.7. The molecule has 0 radical (unpaired) electrons. The van der Waals surface area contributed by atoms with Crippen LogP contribution in [0.25, 0.3) is 0 Å². The molecule has 0 N–H and O–H groups in total. The molecule has 6 nitrogen and oxygen atoms in total. The van der Waals surface area contributed by atoms with Crippen molar-refractivity contribution < 1.29 is 28.6 Å². The van der Waals surface area contributed by atoms with E-state index in [-0.39, 0.29) is 31.1 Å². The zero-order valence-corrected chi connectivity index (χ0v) is 54.1. The number of ether oxygens (including phenoxy) is 3. The van der Waals surface area contributed by atoms with Gasteiger partial charge in [-0.1, -0.05) is 351 Å². The molecule has 0 aliphatic rings. The molecule has 1 atom stereocenters. The van der Waals surface area contributed by atoms with Gasteiger partial charge in [-0.3, -0.25) is 14.4 Å². The maximum absolute atomic E-state index is 13.0. The van der Waals surface area contributed by atoms with Gasteiger partial charge in [-0.2, -0.15) is 0 Å². The summed E-state index contributed by atoms with van der Waals surface area (Å²) >= 11 is 0. The minimum atomic E-state index is -0.780. The molecule has 0 saturated heterocycles. The zero-order chi connectivity index (χ0) is 58.5. The summed E-state index contributed by atoms with van der Waals surface area (Å²) in [6.45, 7) is 6.58. The largest absolute Gasteiger partial charge is 0.462 e. The molecule has 470 valence electrons. The average molecular weight is 1130 g/mol. The van der Waals surface area contributed by atoms with Crippen molar-refractivity contribution in [2.24, 2.45) is 0 Å². The van der Waals surface area contributed by atoms with Gasteiger partial charge in [-0.15, -0.1) is 0 Å². The molecule has 81 heavy (non-hydrogen) atoms. The van der Waals surface area contributed by atoms with Gasteiger partial charge in [0.2, 0.25) is 0 Å². The van der Waals surface area contributed by atoms with E-state index in [1.807, 2.05) is 0 Å². The smallest absolute Gasteiger partial charge is 0.306 e. The van der Waals surface area contributed by atoms with Crippen molar-refractivity contribution in [2.45, 2.75) is 374 Å². The van der Waals surface area contributed by atoms with E-state index < -0.39 is 6.10 Å². The van der Waals surface area contributed by atoms with E-state index in [4.69, 9.17) is 14.2 Å². The number of rotatable bonds is 65. The standard InChI is InChI=1S/C75H134O6/c1-4-7-10-13-16-19-22-25-28-30-32-34-36-38-40-41-43-45-47-50-53-56-59-62-65-68-74(77)80-71-72(70-79-73(76)67-64-61-58-55-52-49-27-24-21-18-15-12-9-6-3)81-75(78)69-66-63-60-57-54-51-48-46-44-42-39-37-35-33-31-29-26-23-20-17-14-11-8-5-2/h7,10,16,19,25,28,32,34,38,40,43,45,72H,4-6,8-9,11-15,17-18,20-24,26-27,29-31,33,35-37,39,41-42,44,46-71H2,1-3H3/b10-7-,19-16-,28-25-,34-32-,40-38-,45-43-. The summed E-state index contributed by atoms with van der Waals surface area (Å²) in [5, 5.41) is 0. The molecule has 0 aromatic rings. The van der Waals surface area contributed by atoms with E-state index in [0.29, 0.717) is 19.3 Å². The number of hydrogen-bond donors (Lipinski definition) is 0. The Kier molecular flexibility index (Phi) is 66.6. The maximum Gasteiger partial charge on any atom is 0.306 e. The molecule has 0 saturated carbocycles. The molecule has 0 fully saturated rings. The van der Waals surface area contributed by atoms with Gasteiger partial charge in [0.15, 0.2) is 6.10 Å². The fourth-order valence-corrected chi connectivity index (χ4v) is 10.5. The van der Waals surface area contributed by atoms with E-state index in [1.165, 1.54) is 225 Å². The molecule has 0 heterocycles. The second kappa shape index (κ2) is 69.3. The van der Waals surface area contributed by atoms with E-state index >= 15 is 0 Å². The van der Waals surface area contributed by atoms with Crippen molar-refractivity contribution in [2.75, 3.05) is 13.2 Å². The Morgan fingerprint density at radius 1 is 0.259 bits per heavy atom. The van der Waals surface area contributed by atoms with Crippen LogP contribution < -0.4 is 0 Å². The number of esters is 3. The van der Waals surface area contributed by atoms with Crippen molar-refractivity contribution in [1.29, 1.82) is 0 Å². The van der Waals surface area contributed by atoms with Crippen LogP contribution in [0.5, 0.6) is 0 Å². The van der Waals surface area contributed by atoms with Gasteiger partial charge in [-0.25, -0.2) is 0 Å². The van der Waals surface area contributed by atoms with Gasteiger partial charge in [0.05, 0.1) is 0 Å². The molecule has 0 aromatic carbocycles. The Morgan fingerprint density at radius 2 is 0.481 bits per heavy atom. The average Bonchev–Trinajstić information content (AvgIpc) is 3.47. The molecule has 0 aliphatic heterocycles. The summed E-state index contributed by atoms with van der Waals surface area (Å²) in [5.41, 5.74) is 0. The third-order valence-electron chi connectivity index (χ3n) is 15.7. The highest BCUT2D eigenvalue weighted by atomic mass is 16.6. The molecule has 0 amide bonds. The van der Waals surface area contributed by atoms with Crippen LogP contribution in [0.3, 0.4) is 0 Å². The van der Waals surface area contributed by atoms with Crippen LogP contribution in [0.15, 0.2) is 72.9 Å². The van der Waals surface area contributed by atoms with Crippen molar-refractivity contribution in [3.05, 3.63) is 72.9 Å². The number of carbonyl (C=O) groups is 3. The normalized spacial score (nSPS) is 12.5. The van der Waals surface area contributed by atoms with Gasteiger partial charge in [0.25, 0.3) is 0 Å². The van der Waals surface area contributed by atoms with Gasteiger partial charge in [0, 0.05) is 19.3 Å². The minimum absolute atomic E-state index is 0.0749. The molecule has 6 heteroatoms. The molecule has 1 unspecified atom stereocenters. The van der Waals surface area contributed by atoms with Gasteiger partial charge < -0.3 is 14.2 Å². The minimum Gasteiger partial charge on any atom is -0.462 e. The van der Waals surface area contributed by atoms with Crippen molar-refractivity contribution >= 4 is 17.9 Å². The van der Waals surface area contributed by atoms with E-state index in [0.717, 1.165) is 103 Å². The number of allylic oxidation sites excluding steroid dienone is 12. The first-order chi connectivity index (χ1) is 40.0. The Morgan fingerprint density at radius 3 is 0.753 bits per heavy atom. The SMILES string of the molecule is CC/C=C\C/C=C\C/C=C\C/C=C\C/C=C\C/C=C\CCCCCCCCC(=O)OCC(COC(=O)CCCCCCCCCCCCCCCC)OC(=O)CCCCCCCCCCCCCCCCCCCCCCCCCC. The maximum atomic E-state index is 13.0. The molecule has 0 rings (SSSR count). The highest BCUT2D eigenvalue weighted by Gasteiger charge is 2.19. The summed E-state index contributed by atoms with van der Waals surface area (Å²) in [6, 6.07) is 0. The molecular formula is C75H134O6. The van der Waals surface area contributed by atoms with Crippen LogP contribution in [0.1, 0.15) is 367 Å². The Bertz CT molecular complexity index is 1490. The predicted molar refractivity (Wildman–Crippen MR) is 353 cm³/mol. The van der Waals surface area contributed by atoms with Crippen LogP contribution in [-0.4, -0.2) is 37.2 Å². The second-order valence-electron chi connectivity index (χ2n) is 23.8. The highest BCUT2D eigenvalue weighted by Crippen LogP contribution is 2.18. The summed E-state index contributed by atoms with van der Waals surface area (Å²) in [7, 11) is 0. The van der Waals surface area contributed by atoms with E-state index in [2.05, 4.69) is 93.7 Å². The van der Waals surface area contributed by atoms with E-state index in [1.54, 1.807) is 0 Å². The van der Waals surface area contributed by atoms with Crippen LogP contribution in [0.2, 0.25) is 0 Å². The van der Waals surface area contributed by atoms with Crippen LogP contribution in [0.4, 0.5) is 0 Å². The van der Waals surface area contributed by atoms with Crippen molar-refractivity contribution in [3.8, 4) is 0 Å². The fourth-order valence-electron chi connectivity index (χ4n) is 10.5. The predicted octanol–water partition coefficient (Wildman–Crippen LogP) is 24.4. The fraction of sp³-hybridized carbons (Fsp3) is 0.800. The lowest BCUT2D eigenvalue weighted by molar-refractivity contribution is -0.167. The molecule has 0 spiro atoms. The number of carbonyl (C=O) groups excluding carboxylic acids is 3. The van der Waals surface area contributed by atoms with Crippen LogP contribution in [-0.2, 0) is 28.6 Å². The molecule has 0 aliphatic carbocycles. The Hall–Kier alpha value is -3.15. The quantitative estimate of drug-likeness (QED) is 0.0261. The van der Waals surface area contributed by atoms with Crippen molar-refractivity contribution in [1.82, 2.24) is 0 Å². The lowest BCUT2D eigenvalue weighted by atomic mass is 10.0. The third kappa shape index (κ3) is 67.5. The first-order valence-electron chi connectivity index (χ1n) is 35.4. The van der Waals surface area contributed by atoms with Gasteiger partial charge in [-0.05, 0) is 70.6 Å². The lowest BCUT2D eigenvalue weighted by Gasteiger charge is -2.18. The van der Waals surface area contributed by atoms with Crippen molar-refractivity contribution in [3.63, 3.8) is 0 Å². The van der Waals surface area contributed by atoms with Gasteiger partial charge in [0.1, 0.15) is 13.2 Å². The summed E-state index contributed by atoms with van der Waals surface area (Å²) in [6.07, 6.45) is 90.7. The van der Waals surface area contributed by atoms with E-state index in [9.17, 15) is 14.4 Å². The topological polar surface area (TPSA) is 78.9 Å². The first-order valence-corrected chi connectivity index (χ1v) is 35.4. The number of hydrogen-bond acceptors (Lipinski definition) is 6. The number of unbranched alkanes of at least 4 members (excludes halogenated alkanes) is 42. The lowest BCUT2D eigenvalue weighted by Crippen LogP contribution is -2.30. The molecule has 0 bridgehead atoms. The van der Waals surface area contributed by atoms with Crippen LogP contribution >= 0.6 is 0 Å².